The van der Waals surface area contributed by atoms with E-state index in [2.05, 4.69) is 49.1 Å². The van der Waals surface area contributed by atoms with Crippen LogP contribution < -0.4 is 5.32 Å². The van der Waals surface area contributed by atoms with Crippen LogP contribution in [0.3, 0.4) is 0 Å². The van der Waals surface area contributed by atoms with Crippen LogP contribution in [0.15, 0.2) is 34.9 Å². The van der Waals surface area contributed by atoms with E-state index >= 15 is 0 Å². The van der Waals surface area contributed by atoms with Gasteiger partial charge in [-0.2, -0.15) is 0 Å². The van der Waals surface area contributed by atoms with E-state index in [0.717, 1.165) is 48.8 Å². The van der Waals surface area contributed by atoms with Crippen LogP contribution in [0.25, 0.3) is 0 Å². The van der Waals surface area contributed by atoms with Crippen LogP contribution in [-0.4, -0.2) is 22.8 Å². The van der Waals surface area contributed by atoms with E-state index in [1.807, 2.05) is 26.0 Å². The Morgan fingerprint density at radius 2 is 2.14 bits per heavy atom. The van der Waals surface area contributed by atoms with Gasteiger partial charge >= 0.3 is 0 Å². The van der Waals surface area contributed by atoms with Gasteiger partial charge in [0.25, 0.3) is 0 Å². The second kappa shape index (κ2) is 8.20. The Morgan fingerprint density at radius 3 is 2.90 bits per heavy atom. The van der Waals surface area contributed by atoms with Crippen LogP contribution in [-0.2, 0) is 17.8 Å². The van der Waals surface area contributed by atoms with E-state index in [4.69, 9.17) is 4.74 Å². The van der Waals surface area contributed by atoms with Crippen molar-refractivity contribution >= 4 is 21.9 Å². The first-order chi connectivity index (χ1) is 10.2. The highest BCUT2D eigenvalue weighted by Crippen LogP contribution is 2.18. The highest BCUT2D eigenvalue weighted by Gasteiger charge is 2.06. The van der Waals surface area contributed by atoms with Crippen LogP contribution >= 0.6 is 15.9 Å². The molecule has 0 unspecified atom stereocenters. The zero-order valence-electron chi connectivity index (χ0n) is 12.6. The molecule has 0 atom stereocenters. The van der Waals surface area contributed by atoms with Gasteiger partial charge in [0.2, 0.25) is 5.95 Å². The van der Waals surface area contributed by atoms with Crippen molar-refractivity contribution in [2.24, 2.45) is 0 Å². The average Bonchev–Trinajstić information content (AvgIpc) is 2.83. The Balaban J connectivity index is 1.95. The lowest BCUT2D eigenvalue weighted by atomic mass is 10.2. The standard InChI is InChI=1S/C16H22BrN3O/c1-3-21-10-6-9-20-12-13(2)19-16(20)18-11-14-7-4-5-8-15(14)17/h4-5,7-8,12H,3,6,9-11H2,1-2H3,(H,18,19). The fourth-order valence-electron chi connectivity index (χ4n) is 2.16. The largest absolute Gasteiger partial charge is 0.382 e. The first-order valence-electron chi connectivity index (χ1n) is 7.29. The summed E-state index contributed by atoms with van der Waals surface area (Å²) in [5.74, 6) is 0.916. The molecule has 0 saturated carbocycles. The number of nitrogens with one attached hydrogen (secondary N) is 1. The number of imidazole rings is 1. The number of halogens is 1. The van der Waals surface area contributed by atoms with Crippen molar-refractivity contribution in [3.05, 3.63) is 46.2 Å². The molecule has 0 radical (unpaired) electrons. The summed E-state index contributed by atoms with van der Waals surface area (Å²) < 4.78 is 8.66. The molecular weight excluding hydrogens is 330 g/mol. The van der Waals surface area contributed by atoms with Crippen LogP contribution in [0.5, 0.6) is 0 Å². The monoisotopic (exact) mass is 351 g/mol. The number of rotatable bonds is 8. The zero-order chi connectivity index (χ0) is 15.1. The molecule has 0 saturated heterocycles. The Labute approximate surface area is 134 Å². The second-order valence-corrected chi connectivity index (χ2v) is 5.75. The lowest BCUT2D eigenvalue weighted by Crippen LogP contribution is -2.09. The minimum absolute atomic E-state index is 0.753. The number of aryl methyl sites for hydroxylation is 2. The topological polar surface area (TPSA) is 39.1 Å². The van der Waals surface area contributed by atoms with Crippen molar-refractivity contribution in [3.63, 3.8) is 0 Å². The molecule has 0 aliphatic rings. The van der Waals surface area contributed by atoms with Crippen molar-refractivity contribution in [3.8, 4) is 0 Å². The molecule has 1 aromatic carbocycles. The number of nitrogens with zero attached hydrogens (tertiary/aromatic N) is 2. The predicted octanol–water partition coefficient (Wildman–Crippen LogP) is 3.99. The third-order valence-corrected chi connectivity index (χ3v) is 3.96. The summed E-state index contributed by atoms with van der Waals surface area (Å²) in [7, 11) is 0. The summed E-state index contributed by atoms with van der Waals surface area (Å²) in [5.41, 5.74) is 2.25. The summed E-state index contributed by atoms with van der Waals surface area (Å²) in [5, 5.41) is 3.41. The number of hydrogen-bond donors (Lipinski definition) is 1. The maximum Gasteiger partial charge on any atom is 0.203 e. The fourth-order valence-corrected chi connectivity index (χ4v) is 2.58. The van der Waals surface area contributed by atoms with Gasteiger partial charge in [-0.25, -0.2) is 4.98 Å². The molecule has 0 bridgehead atoms. The number of hydrogen-bond acceptors (Lipinski definition) is 3. The van der Waals surface area contributed by atoms with Gasteiger partial charge in [0.1, 0.15) is 0 Å². The van der Waals surface area contributed by atoms with Gasteiger partial charge in [-0.1, -0.05) is 34.1 Å². The van der Waals surface area contributed by atoms with Crippen molar-refractivity contribution in [1.82, 2.24) is 9.55 Å². The molecule has 0 aliphatic heterocycles. The molecule has 0 spiro atoms. The highest BCUT2D eigenvalue weighted by molar-refractivity contribution is 9.10. The summed E-state index contributed by atoms with van der Waals surface area (Å²) >= 11 is 3.57. The highest BCUT2D eigenvalue weighted by atomic mass is 79.9. The summed E-state index contributed by atoms with van der Waals surface area (Å²) in [6, 6.07) is 8.22. The van der Waals surface area contributed by atoms with Crippen molar-refractivity contribution in [1.29, 1.82) is 0 Å². The Hall–Kier alpha value is -1.33. The minimum atomic E-state index is 0.753. The van der Waals surface area contributed by atoms with E-state index in [1.54, 1.807) is 0 Å². The molecule has 1 aromatic heterocycles. The number of anilines is 1. The van der Waals surface area contributed by atoms with Crippen LogP contribution in [0.2, 0.25) is 0 Å². The molecule has 2 rings (SSSR count). The molecule has 4 nitrogen and oxygen atoms in total. The van der Waals surface area contributed by atoms with Crippen molar-refractivity contribution in [2.75, 3.05) is 18.5 Å². The SMILES string of the molecule is CCOCCCn1cc(C)nc1NCc1ccccc1Br. The van der Waals surface area contributed by atoms with E-state index in [-0.39, 0.29) is 0 Å². The molecule has 1 N–H and O–H groups in total. The Kier molecular flexibility index (Phi) is 6.26. The Morgan fingerprint density at radius 1 is 1.33 bits per heavy atom. The third kappa shape index (κ3) is 4.86. The smallest absolute Gasteiger partial charge is 0.203 e. The molecule has 2 aromatic rings. The second-order valence-electron chi connectivity index (χ2n) is 4.89. The van der Waals surface area contributed by atoms with Gasteiger partial charge in [0.05, 0.1) is 5.69 Å². The van der Waals surface area contributed by atoms with Gasteiger partial charge in [0, 0.05) is 37.0 Å². The third-order valence-electron chi connectivity index (χ3n) is 3.18. The van der Waals surface area contributed by atoms with Gasteiger partial charge in [0.15, 0.2) is 0 Å². The molecule has 1 heterocycles. The molecular formula is C16H22BrN3O. The normalized spacial score (nSPS) is 10.8. The summed E-state index contributed by atoms with van der Waals surface area (Å²) in [6.07, 6.45) is 3.07. The lowest BCUT2D eigenvalue weighted by Gasteiger charge is -2.10. The fraction of sp³-hybridized carbons (Fsp3) is 0.438. The Bertz CT molecular complexity index is 568. The molecule has 0 aliphatic carbocycles. The van der Waals surface area contributed by atoms with Crippen LogP contribution in [0, 0.1) is 6.92 Å². The maximum absolute atomic E-state index is 5.39. The van der Waals surface area contributed by atoms with Crippen LogP contribution in [0.4, 0.5) is 5.95 Å². The first kappa shape index (κ1) is 16.0. The average molecular weight is 352 g/mol. The van der Waals surface area contributed by atoms with Gasteiger partial charge in [-0.15, -0.1) is 0 Å². The number of benzene rings is 1. The molecule has 0 amide bonds. The molecule has 0 fully saturated rings. The quantitative estimate of drug-likeness (QED) is 0.730. The van der Waals surface area contributed by atoms with E-state index in [0.29, 0.717) is 0 Å². The van der Waals surface area contributed by atoms with Crippen molar-refractivity contribution in [2.45, 2.75) is 33.4 Å². The molecule has 21 heavy (non-hydrogen) atoms. The minimum Gasteiger partial charge on any atom is -0.382 e. The zero-order valence-corrected chi connectivity index (χ0v) is 14.2. The van der Waals surface area contributed by atoms with Crippen molar-refractivity contribution < 1.29 is 4.74 Å². The van der Waals surface area contributed by atoms with Gasteiger partial charge < -0.3 is 14.6 Å². The summed E-state index contributed by atoms with van der Waals surface area (Å²) in [6.45, 7) is 7.27. The van der Waals surface area contributed by atoms with E-state index in [1.165, 1.54) is 5.56 Å². The number of ether oxygens (including phenoxy) is 1. The predicted molar refractivity (Wildman–Crippen MR) is 89.5 cm³/mol. The lowest BCUT2D eigenvalue weighted by molar-refractivity contribution is 0.142. The van der Waals surface area contributed by atoms with E-state index < -0.39 is 0 Å². The first-order valence-corrected chi connectivity index (χ1v) is 8.08. The number of aromatic nitrogens is 2. The molecule has 5 heteroatoms. The van der Waals surface area contributed by atoms with E-state index in [9.17, 15) is 0 Å². The van der Waals surface area contributed by atoms with Crippen LogP contribution in [0.1, 0.15) is 24.6 Å². The van der Waals surface area contributed by atoms with Gasteiger partial charge in [-0.05, 0) is 31.9 Å². The maximum atomic E-state index is 5.39. The summed E-state index contributed by atoms with van der Waals surface area (Å²) in [4.78, 5) is 4.55. The van der Waals surface area contributed by atoms with Gasteiger partial charge in [-0.3, -0.25) is 0 Å². The molecule has 114 valence electrons.